The standard InChI is InChI=1S/C27H22N2O5/c1-32-20-10-7-18(8-11-20)17-29-26(30)22-6-4-3-5-21(22)23(27(29)31)15-19-9-12-24(34-14-13-28)25(16-19)33-2/h3-12,15-16H,14,17H2,1-2H3/b23-15-. The Morgan fingerprint density at radius 1 is 0.882 bits per heavy atom. The van der Waals surface area contributed by atoms with Crippen molar-refractivity contribution in [2.24, 2.45) is 0 Å². The smallest absolute Gasteiger partial charge is 0.261 e. The van der Waals surface area contributed by atoms with Crippen LogP contribution in [0.4, 0.5) is 0 Å². The summed E-state index contributed by atoms with van der Waals surface area (Å²) >= 11 is 0. The van der Waals surface area contributed by atoms with Crippen molar-refractivity contribution in [1.29, 1.82) is 5.26 Å². The Labute approximate surface area is 197 Å². The van der Waals surface area contributed by atoms with Crippen molar-refractivity contribution < 1.29 is 23.8 Å². The second kappa shape index (κ2) is 9.92. The predicted octanol–water partition coefficient (Wildman–Crippen LogP) is 4.33. The van der Waals surface area contributed by atoms with E-state index in [1.54, 1.807) is 67.8 Å². The molecule has 4 rings (SSSR count). The van der Waals surface area contributed by atoms with Gasteiger partial charge in [0.2, 0.25) is 0 Å². The summed E-state index contributed by atoms with van der Waals surface area (Å²) in [7, 11) is 3.08. The zero-order valence-corrected chi connectivity index (χ0v) is 18.8. The summed E-state index contributed by atoms with van der Waals surface area (Å²) < 4.78 is 15.9. The molecule has 0 atom stereocenters. The molecule has 0 fully saturated rings. The molecule has 7 nitrogen and oxygen atoms in total. The van der Waals surface area contributed by atoms with Gasteiger partial charge in [-0.3, -0.25) is 14.5 Å². The molecule has 7 heteroatoms. The molecule has 0 saturated heterocycles. The van der Waals surface area contributed by atoms with Gasteiger partial charge in [-0.05, 0) is 53.1 Å². The van der Waals surface area contributed by atoms with E-state index in [0.717, 1.165) is 5.56 Å². The molecule has 3 aromatic rings. The van der Waals surface area contributed by atoms with Crippen LogP contribution in [0.25, 0.3) is 11.6 Å². The Bertz CT molecular complexity index is 1310. The molecule has 170 valence electrons. The molecule has 2 amide bonds. The van der Waals surface area contributed by atoms with Gasteiger partial charge in [0.25, 0.3) is 11.8 Å². The van der Waals surface area contributed by atoms with E-state index >= 15 is 0 Å². The lowest BCUT2D eigenvalue weighted by molar-refractivity contribution is -0.123. The first-order chi connectivity index (χ1) is 16.5. The first kappa shape index (κ1) is 22.6. The molecular weight excluding hydrogens is 432 g/mol. The number of fused-ring (bicyclic) bond motifs is 1. The lowest BCUT2D eigenvalue weighted by atomic mass is 9.91. The summed E-state index contributed by atoms with van der Waals surface area (Å²) in [5.74, 6) is 0.835. The highest BCUT2D eigenvalue weighted by Crippen LogP contribution is 2.34. The maximum Gasteiger partial charge on any atom is 0.261 e. The molecular formula is C27H22N2O5. The van der Waals surface area contributed by atoms with E-state index in [1.807, 2.05) is 18.2 Å². The minimum atomic E-state index is -0.386. The number of benzene rings is 3. The maximum atomic E-state index is 13.5. The van der Waals surface area contributed by atoms with E-state index in [2.05, 4.69) is 0 Å². The van der Waals surface area contributed by atoms with Gasteiger partial charge in [0.15, 0.2) is 18.1 Å². The van der Waals surface area contributed by atoms with Crippen LogP contribution in [-0.4, -0.2) is 37.5 Å². The number of hydrogen-bond donors (Lipinski definition) is 0. The number of nitrogens with zero attached hydrogens (tertiary/aromatic N) is 2. The first-order valence-electron chi connectivity index (χ1n) is 10.5. The average molecular weight is 454 g/mol. The van der Waals surface area contributed by atoms with Gasteiger partial charge in [-0.1, -0.05) is 36.4 Å². The Hall–Kier alpha value is -4.57. The van der Waals surface area contributed by atoms with Crippen molar-refractivity contribution in [3.05, 3.63) is 89.0 Å². The van der Waals surface area contributed by atoms with Crippen molar-refractivity contribution in [2.75, 3.05) is 20.8 Å². The molecule has 34 heavy (non-hydrogen) atoms. The summed E-state index contributed by atoms with van der Waals surface area (Å²) in [5, 5.41) is 8.76. The lowest BCUT2D eigenvalue weighted by Crippen LogP contribution is -2.41. The predicted molar refractivity (Wildman–Crippen MR) is 126 cm³/mol. The molecule has 0 radical (unpaired) electrons. The second-order valence-electron chi connectivity index (χ2n) is 7.51. The number of ether oxygens (including phenoxy) is 3. The molecule has 0 aliphatic carbocycles. The molecule has 1 aliphatic heterocycles. The van der Waals surface area contributed by atoms with Gasteiger partial charge in [-0.2, -0.15) is 5.26 Å². The number of amides is 2. The third kappa shape index (κ3) is 4.48. The first-order valence-corrected chi connectivity index (χ1v) is 10.5. The summed E-state index contributed by atoms with van der Waals surface area (Å²) in [6, 6.07) is 21.4. The Kier molecular flexibility index (Phi) is 6.60. The Balaban J connectivity index is 1.73. The van der Waals surface area contributed by atoms with Gasteiger partial charge >= 0.3 is 0 Å². The quantitative estimate of drug-likeness (QED) is 0.390. The van der Waals surface area contributed by atoms with Gasteiger partial charge in [0.05, 0.1) is 20.8 Å². The third-order valence-corrected chi connectivity index (χ3v) is 5.46. The molecule has 0 aromatic heterocycles. The van der Waals surface area contributed by atoms with Crippen LogP contribution in [0.2, 0.25) is 0 Å². The van der Waals surface area contributed by atoms with Gasteiger partial charge in [-0.25, -0.2) is 0 Å². The lowest BCUT2D eigenvalue weighted by Gasteiger charge is -2.29. The molecule has 1 heterocycles. The zero-order chi connectivity index (χ0) is 24.1. The average Bonchev–Trinajstić information content (AvgIpc) is 2.88. The fraction of sp³-hybridized carbons (Fsp3) is 0.148. The molecule has 0 saturated carbocycles. The van der Waals surface area contributed by atoms with Crippen molar-refractivity contribution >= 4 is 23.5 Å². The fourth-order valence-corrected chi connectivity index (χ4v) is 3.77. The topological polar surface area (TPSA) is 88.9 Å². The van der Waals surface area contributed by atoms with Crippen LogP contribution in [0, 0.1) is 11.3 Å². The highest BCUT2D eigenvalue weighted by atomic mass is 16.5. The third-order valence-electron chi connectivity index (χ3n) is 5.46. The number of nitriles is 1. The number of hydrogen-bond acceptors (Lipinski definition) is 6. The highest BCUT2D eigenvalue weighted by Gasteiger charge is 2.34. The van der Waals surface area contributed by atoms with E-state index in [0.29, 0.717) is 39.5 Å². The minimum Gasteiger partial charge on any atom is -0.497 e. The second-order valence-corrected chi connectivity index (χ2v) is 7.51. The van der Waals surface area contributed by atoms with Gasteiger partial charge < -0.3 is 14.2 Å². The molecule has 3 aromatic carbocycles. The van der Waals surface area contributed by atoms with Crippen molar-refractivity contribution in [3.63, 3.8) is 0 Å². The molecule has 0 N–H and O–H groups in total. The number of carbonyl (C=O) groups excluding carboxylic acids is 2. The van der Waals surface area contributed by atoms with Crippen LogP contribution >= 0.6 is 0 Å². The monoisotopic (exact) mass is 454 g/mol. The van der Waals surface area contributed by atoms with Gasteiger partial charge in [0.1, 0.15) is 11.8 Å². The van der Waals surface area contributed by atoms with Crippen LogP contribution in [0.5, 0.6) is 17.2 Å². The van der Waals surface area contributed by atoms with Crippen LogP contribution in [-0.2, 0) is 11.3 Å². The van der Waals surface area contributed by atoms with E-state index in [9.17, 15) is 9.59 Å². The van der Waals surface area contributed by atoms with Gasteiger partial charge in [0, 0.05) is 11.1 Å². The molecule has 0 unspecified atom stereocenters. The maximum absolute atomic E-state index is 13.5. The molecule has 0 bridgehead atoms. The highest BCUT2D eigenvalue weighted by molar-refractivity contribution is 6.33. The van der Waals surface area contributed by atoms with Gasteiger partial charge in [-0.15, -0.1) is 0 Å². The van der Waals surface area contributed by atoms with E-state index < -0.39 is 0 Å². The van der Waals surface area contributed by atoms with E-state index in [1.165, 1.54) is 12.0 Å². The zero-order valence-electron chi connectivity index (χ0n) is 18.8. The summed E-state index contributed by atoms with van der Waals surface area (Å²) in [4.78, 5) is 27.9. The van der Waals surface area contributed by atoms with Crippen molar-refractivity contribution in [2.45, 2.75) is 6.54 Å². The number of methoxy groups -OCH3 is 2. The SMILES string of the molecule is COc1ccc(CN2C(=O)/C(=C\c3ccc(OCC#N)c(OC)c3)c3ccccc3C2=O)cc1. The van der Waals surface area contributed by atoms with Crippen LogP contribution < -0.4 is 14.2 Å². The minimum absolute atomic E-state index is 0.106. The van der Waals surface area contributed by atoms with Crippen LogP contribution in [0.1, 0.15) is 27.0 Å². The normalized spacial score (nSPS) is 13.9. The largest absolute Gasteiger partial charge is 0.497 e. The molecule has 1 aliphatic rings. The fourth-order valence-electron chi connectivity index (χ4n) is 3.77. The van der Waals surface area contributed by atoms with Crippen LogP contribution in [0.3, 0.4) is 0 Å². The van der Waals surface area contributed by atoms with Crippen molar-refractivity contribution in [1.82, 2.24) is 4.90 Å². The molecule has 0 spiro atoms. The Morgan fingerprint density at radius 2 is 1.62 bits per heavy atom. The Morgan fingerprint density at radius 3 is 2.29 bits per heavy atom. The number of rotatable bonds is 7. The number of carbonyl (C=O) groups is 2. The summed E-state index contributed by atoms with van der Waals surface area (Å²) in [6.07, 6.45) is 1.73. The van der Waals surface area contributed by atoms with E-state index in [4.69, 9.17) is 19.5 Å². The number of imide groups is 1. The van der Waals surface area contributed by atoms with Crippen molar-refractivity contribution in [3.8, 4) is 23.3 Å². The summed E-state index contributed by atoms with van der Waals surface area (Å²) in [5.41, 5.74) is 2.94. The van der Waals surface area contributed by atoms with E-state index in [-0.39, 0.29) is 25.0 Å². The van der Waals surface area contributed by atoms with Crippen LogP contribution in [0.15, 0.2) is 66.7 Å². The summed E-state index contributed by atoms with van der Waals surface area (Å²) in [6.45, 7) is 0.0304.